The highest BCUT2D eigenvalue weighted by Crippen LogP contribution is 2.37. The third-order valence-corrected chi connectivity index (χ3v) is 7.27. The van der Waals surface area contributed by atoms with E-state index in [1.807, 2.05) is 12.1 Å². The number of rotatable bonds is 8. The molecule has 0 atom stereocenters. The highest BCUT2D eigenvalue weighted by Gasteiger charge is 2.35. The largest absolute Gasteiger partial charge is 0.347 e. The van der Waals surface area contributed by atoms with Crippen LogP contribution in [0.15, 0.2) is 18.2 Å². The van der Waals surface area contributed by atoms with Crippen molar-refractivity contribution in [1.82, 2.24) is 15.1 Å². The first kappa shape index (κ1) is 25.8. The first-order valence-electron chi connectivity index (χ1n) is 12.4. The molecule has 1 aliphatic heterocycles. The van der Waals surface area contributed by atoms with Crippen molar-refractivity contribution in [2.45, 2.75) is 57.4 Å². The molecule has 192 valence electrons. The van der Waals surface area contributed by atoms with Gasteiger partial charge >= 0.3 is 0 Å². The SMILES string of the molecule is O=C(CC1CCC(F)(F)CC1)NCC(=O)N1CCN(Cc2cc(Cl)cc(NC(=O)C3CC3)c2)CC1. The van der Waals surface area contributed by atoms with Crippen LogP contribution >= 0.6 is 11.6 Å². The zero-order valence-electron chi connectivity index (χ0n) is 19.8. The maximum atomic E-state index is 13.3. The molecule has 2 saturated carbocycles. The van der Waals surface area contributed by atoms with Gasteiger partial charge in [-0.3, -0.25) is 19.3 Å². The number of benzene rings is 1. The topological polar surface area (TPSA) is 81.8 Å². The highest BCUT2D eigenvalue weighted by atomic mass is 35.5. The van der Waals surface area contributed by atoms with Gasteiger partial charge in [0.25, 0.3) is 0 Å². The molecular formula is C25H33ClF2N4O3. The van der Waals surface area contributed by atoms with E-state index in [4.69, 9.17) is 11.6 Å². The molecule has 1 aromatic rings. The zero-order chi connectivity index (χ0) is 25.0. The van der Waals surface area contributed by atoms with Gasteiger partial charge in [-0.05, 0) is 55.4 Å². The summed E-state index contributed by atoms with van der Waals surface area (Å²) in [4.78, 5) is 40.7. The number of carbonyl (C=O) groups is 3. The predicted molar refractivity (Wildman–Crippen MR) is 129 cm³/mol. The van der Waals surface area contributed by atoms with Gasteiger partial charge in [0.05, 0.1) is 6.54 Å². The minimum atomic E-state index is -2.61. The molecule has 0 aromatic heterocycles. The maximum absolute atomic E-state index is 13.3. The van der Waals surface area contributed by atoms with Crippen molar-refractivity contribution < 1.29 is 23.2 Å². The summed E-state index contributed by atoms with van der Waals surface area (Å²) < 4.78 is 26.5. The number of hydrogen-bond acceptors (Lipinski definition) is 4. The van der Waals surface area contributed by atoms with Gasteiger partial charge in [0.1, 0.15) is 0 Å². The Morgan fingerprint density at radius 3 is 2.34 bits per heavy atom. The molecule has 0 radical (unpaired) electrons. The fourth-order valence-corrected chi connectivity index (χ4v) is 5.00. The maximum Gasteiger partial charge on any atom is 0.248 e. The number of amides is 3. The van der Waals surface area contributed by atoms with Crippen molar-refractivity contribution in [3.05, 3.63) is 28.8 Å². The Morgan fingerprint density at radius 2 is 1.69 bits per heavy atom. The summed E-state index contributed by atoms with van der Waals surface area (Å²) in [5.74, 6) is -2.88. The Kier molecular flexibility index (Phi) is 8.27. The number of hydrogen-bond donors (Lipinski definition) is 2. The molecule has 2 aliphatic carbocycles. The Labute approximate surface area is 209 Å². The van der Waals surface area contributed by atoms with E-state index in [2.05, 4.69) is 15.5 Å². The van der Waals surface area contributed by atoms with E-state index in [1.54, 1.807) is 11.0 Å². The minimum Gasteiger partial charge on any atom is -0.347 e. The number of carbonyl (C=O) groups excluding carboxylic acids is 3. The van der Waals surface area contributed by atoms with Gasteiger partial charge in [0.2, 0.25) is 23.6 Å². The van der Waals surface area contributed by atoms with E-state index in [0.29, 0.717) is 56.3 Å². The third-order valence-electron chi connectivity index (χ3n) is 7.05. The standard InChI is InChI=1S/C25H33ClF2N4O3/c26-20-11-18(12-21(14-20)30-24(35)19-1-2-19)16-31-7-9-32(10-8-31)23(34)15-29-22(33)13-17-3-5-25(27,28)6-4-17/h11-12,14,17,19H,1-10,13,15-16H2,(H,29,33)(H,30,35). The number of nitrogens with zero attached hydrogens (tertiary/aromatic N) is 2. The molecule has 35 heavy (non-hydrogen) atoms. The van der Waals surface area contributed by atoms with Gasteiger partial charge < -0.3 is 15.5 Å². The lowest BCUT2D eigenvalue weighted by atomic mass is 9.84. The summed E-state index contributed by atoms with van der Waals surface area (Å²) in [5, 5.41) is 6.16. The van der Waals surface area contributed by atoms with Crippen LogP contribution in [0.4, 0.5) is 14.5 Å². The average molecular weight is 511 g/mol. The summed E-state index contributed by atoms with van der Waals surface area (Å²) in [6.45, 7) is 3.07. The molecule has 1 saturated heterocycles. The van der Waals surface area contributed by atoms with E-state index >= 15 is 0 Å². The highest BCUT2D eigenvalue weighted by molar-refractivity contribution is 6.31. The van der Waals surface area contributed by atoms with Crippen molar-refractivity contribution in [2.24, 2.45) is 11.8 Å². The fraction of sp³-hybridized carbons (Fsp3) is 0.640. The molecule has 0 spiro atoms. The molecule has 2 N–H and O–H groups in total. The van der Waals surface area contributed by atoms with E-state index in [1.165, 1.54) is 0 Å². The van der Waals surface area contributed by atoms with E-state index in [9.17, 15) is 23.2 Å². The van der Waals surface area contributed by atoms with E-state index in [-0.39, 0.29) is 55.4 Å². The minimum absolute atomic E-state index is 0.0395. The summed E-state index contributed by atoms with van der Waals surface area (Å²) >= 11 is 6.25. The van der Waals surface area contributed by atoms with Crippen LogP contribution in [0, 0.1) is 11.8 Å². The number of halogens is 3. The Balaban J connectivity index is 1.17. The molecule has 3 fully saturated rings. The summed E-state index contributed by atoms with van der Waals surface area (Å²) in [6.07, 6.45) is 2.43. The van der Waals surface area contributed by atoms with Gasteiger partial charge in [0.15, 0.2) is 0 Å². The normalized spacial score (nSPS) is 20.9. The van der Waals surface area contributed by atoms with Gasteiger partial charge in [0, 0.05) is 68.6 Å². The molecule has 1 aromatic carbocycles. The van der Waals surface area contributed by atoms with Crippen molar-refractivity contribution in [3.8, 4) is 0 Å². The molecule has 0 bridgehead atoms. The van der Waals surface area contributed by atoms with Crippen molar-refractivity contribution in [1.29, 1.82) is 0 Å². The van der Waals surface area contributed by atoms with E-state index < -0.39 is 5.92 Å². The number of anilines is 1. The summed E-state index contributed by atoms with van der Waals surface area (Å²) in [6, 6.07) is 5.57. The van der Waals surface area contributed by atoms with Crippen LogP contribution in [-0.2, 0) is 20.9 Å². The second-order valence-electron chi connectivity index (χ2n) is 10.0. The van der Waals surface area contributed by atoms with E-state index in [0.717, 1.165) is 18.4 Å². The lowest BCUT2D eigenvalue weighted by molar-refractivity contribution is -0.134. The molecule has 7 nitrogen and oxygen atoms in total. The molecule has 1 heterocycles. The fourth-order valence-electron chi connectivity index (χ4n) is 4.74. The second kappa shape index (κ2) is 11.2. The Hall–Kier alpha value is -2.26. The average Bonchev–Trinajstić information content (AvgIpc) is 3.65. The van der Waals surface area contributed by atoms with Crippen molar-refractivity contribution in [2.75, 3.05) is 38.0 Å². The third kappa shape index (κ3) is 7.87. The quantitative estimate of drug-likeness (QED) is 0.559. The lowest BCUT2D eigenvalue weighted by Gasteiger charge is -2.35. The van der Waals surface area contributed by atoms with Gasteiger partial charge in [-0.2, -0.15) is 0 Å². The lowest BCUT2D eigenvalue weighted by Crippen LogP contribution is -2.50. The van der Waals surface area contributed by atoms with Crippen LogP contribution in [0.1, 0.15) is 50.5 Å². The zero-order valence-corrected chi connectivity index (χ0v) is 20.6. The molecular weight excluding hydrogens is 478 g/mol. The van der Waals surface area contributed by atoms with Crippen molar-refractivity contribution >= 4 is 35.0 Å². The molecule has 3 amide bonds. The van der Waals surface area contributed by atoms with Crippen molar-refractivity contribution in [3.63, 3.8) is 0 Å². The van der Waals surface area contributed by atoms with Crippen LogP contribution in [0.2, 0.25) is 5.02 Å². The van der Waals surface area contributed by atoms with Gasteiger partial charge in [-0.15, -0.1) is 0 Å². The van der Waals surface area contributed by atoms with Crippen LogP contribution in [0.5, 0.6) is 0 Å². The number of nitrogens with one attached hydrogen (secondary N) is 2. The smallest absolute Gasteiger partial charge is 0.248 e. The molecule has 10 heteroatoms. The monoisotopic (exact) mass is 510 g/mol. The molecule has 3 aliphatic rings. The molecule has 0 unspecified atom stereocenters. The van der Waals surface area contributed by atoms with Crippen LogP contribution in [-0.4, -0.2) is 66.2 Å². The van der Waals surface area contributed by atoms with Crippen LogP contribution in [0.25, 0.3) is 0 Å². The predicted octanol–water partition coefficient (Wildman–Crippen LogP) is 3.66. The number of alkyl halides is 2. The summed E-state index contributed by atoms with van der Waals surface area (Å²) in [7, 11) is 0. The Bertz CT molecular complexity index is 939. The van der Waals surface area contributed by atoms with Gasteiger partial charge in [-0.25, -0.2) is 8.78 Å². The Morgan fingerprint density at radius 1 is 1.00 bits per heavy atom. The van der Waals surface area contributed by atoms with Crippen LogP contribution in [0.3, 0.4) is 0 Å². The first-order valence-corrected chi connectivity index (χ1v) is 12.8. The summed E-state index contributed by atoms with van der Waals surface area (Å²) in [5.41, 5.74) is 1.70. The number of piperazine rings is 1. The molecule has 4 rings (SSSR count). The van der Waals surface area contributed by atoms with Crippen LogP contribution < -0.4 is 10.6 Å². The second-order valence-corrected chi connectivity index (χ2v) is 10.5. The first-order chi connectivity index (χ1) is 16.7. The van der Waals surface area contributed by atoms with Gasteiger partial charge in [-0.1, -0.05) is 11.6 Å².